The second-order valence-electron chi connectivity index (χ2n) is 5.31. The Hall–Kier alpha value is -2.67. The zero-order chi connectivity index (χ0) is 17.6. The molecule has 128 valence electrons. The number of hydrogen-bond acceptors (Lipinski definition) is 6. The van der Waals surface area contributed by atoms with Crippen LogP contribution in [0.5, 0.6) is 0 Å². The Bertz CT molecular complexity index is 847. The van der Waals surface area contributed by atoms with E-state index in [4.69, 9.17) is 4.74 Å². The highest BCUT2D eigenvalue weighted by Gasteiger charge is 2.17. The van der Waals surface area contributed by atoms with Crippen molar-refractivity contribution in [1.82, 2.24) is 19.7 Å². The molecule has 0 spiro atoms. The van der Waals surface area contributed by atoms with E-state index in [0.29, 0.717) is 17.6 Å². The molecule has 0 radical (unpaired) electrons. The van der Waals surface area contributed by atoms with E-state index in [1.54, 1.807) is 19.3 Å². The molecule has 0 amide bonds. The van der Waals surface area contributed by atoms with Crippen molar-refractivity contribution in [3.8, 4) is 17.1 Å². The minimum Gasteiger partial charge on any atom is -0.465 e. The molecule has 2 heterocycles. The van der Waals surface area contributed by atoms with E-state index >= 15 is 0 Å². The summed E-state index contributed by atoms with van der Waals surface area (Å²) >= 11 is 1.30. The molecule has 3 rings (SSSR count). The number of thioether (sulfide) groups is 1. The van der Waals surface area contributed by atoms with Gasteiger partial charge in [-0.25, -0.2) is 0 Å². The number of aromatic nitrogens is 4. The van der Waals surface area contributed by atoms with Gasteiger partial charge in [0.15, 0.2) is 11.0 Å². The predicted molar refractivity (Wildman–Crippen MR) is 96.7 cm³/mol. The predicted octanol–water partition coefficient (Wildman–Crippen LogP) is 3.29. The quantitative estimate of drug-likeness (QED) is 0.500. The molecule has 0 aliphatic heterocycles. The van der Waals surface area contributed by atoms with Crippen LogP contribution in [0.15, 0.2) is 53.9 Å². The van der Waals surface area contributed by atoms with Gasteiger partial charge in [-0.3, -0.25) is 14.3 Å². The van der Waals surface area contributed by atoms with Crippen molar-refractivity contribution in [2.24, 2.45) is 0 Å². The van der Waals surface area contributed by atoms with Gasteiger partial charge in [0.05, 0.1) is 12.4 Å². The van der Waals surface area contributed by atoms with Crippen LogP contribution in [0.4, 0.5) is 0 Å². The minimum atomic E-state index is -0.270. The van der Waals surface area contributed by atoms with Crippen molar-refractivity contribution < 1.29 is 9.53 Å². The van der Waals surface area contributed by atoms with Crippen LogP contribution in [-0.2, 0) is 9.53 Å². The lowest BCUT2D eigenvalue weighted by Gasteiger charge is -2.10. The third-order valence-corrected chi connectivity index (χ3v) is 4.37. The molecule has 0 aliphatic rings. The van der Waals surface area contributed by atoms with Crippen molar-refractivity contribution in [2.45, 2.75) is 19.0 Å². The molecule has 25 heavy (non-hydrogen) atoms. The summed E-state index contributed by atoms with van der Waals surface area (Å²) in [6, 6.07) is 11.9. The van der Waals surface area contributed by atoms with Crippen LogP contribution in [0.1, 0.15) is 12.5 Å². The molecule has 2 aromatic heterocycles. The average molecular weight is 354 g/mol. The molecule has 0 N–H and O–H groups in total. The fourth-order valence-electron chi connectivity index (χ4n) is 2.30. The lowest BCUT2D eigenvalue weighted by atomic mass is 10.2. The zero-order valence-corrected chi connectivity index (χ0v) is 14.9. The SMILES string of the molecule is CCOC(=O)CSc1nnc(-c2cccnc2)n1-c1ccc(C)cc1. The molecule has 0 atom stereocenters. The summed E-state index contributed by atoms with van der Waals surface area (Å²) in [5, 5.41) is 9.21. The first-order valence-corrected chi connectivity index (χ1v) is 8.89. The zero-order valence-electron chi connectivity index (χ0n) is 14.0. The fraction of sp³-hybridized carbons (Fsp3) is 0.222. The Labute approximate surface area is 150 Å². The maximum atomic E-state index is 11.7. The van der Waals surface area contributed by atoms with E-state index in [-0.39, 0.29) is 11.7 Å². The van der Waals surface area contributed by atoms with E-state index in [0.717, 1.165) is 11.3 Å². The summed E-state index contributed by atoms with van der Waals surface area (Å²) < 4.78 is 6.92. The van der Waals surface area contributed by atoms with Crippen LogP contribution < -0.4 is 0 Å². The van der Waals surface area contributed by atoms with Gasteiger partial charge in [0.1, 0.15) is 0 Å². The number of rotatable bonds is 6. The lowest BCUT2D eigenvalue weighted by Crippen LogP contribution is -2.08. The molecule has 0 saturated carbocycles. The number of pyridine rings is 1. The van der Waals surface area contributed by atoms with Gasteiger partial charge in [0.25, 0.3) is 0 Å². The van der Waals surface area contributed by atoms with Gasteiger partial charge in [-0.15, -0.1) is 10.2 Å². The maximum absolute atomic E-state index is 11.7. The maximum Gasteiger partial charge on any atom is 0.316 e. The average Bonchev–Trinajstić information content (AvgIpc) is 3.05. The van der Waals surface area contributed by atoms with Gasteiger partial charge >= 0.3 is 5.97 Å². The molecule has 7 heteroatoms. The first kappa shape index (κ1) is 17.2. The topological polar surface area (TPSA) is 69.9 Å². The molecule has 6 nitrogen and oxygen atoms in total. The van der Waals surface area contributed by atoms with Crippen molar-refractivity contribution in [2.75, 3.05) is 12.4 Å². The summed E-state index contributed by atoms with van der Waals surface area (Å²) in [5.41, 5.74) is 2.96. The van der Waals surface area contributed by atoms with Crippen molar-refractivity contribution in [1.29, 1.82) is 0 Å². The number of benzene rings is 1. The number of carbonyl (C=O) groups is 1. The first-order valence-electron chi connectivity index (χ1n) is 7.90. The van der Waals surface area contributed by atoms with E-state index in [2.05, 4.69) is 15.2 Å². The molecule has 0 unspecified atom stereocenters. The van der Waals surface area contributed by atoms with E-state index in [9.17, 15) is 4.79 Å². The number of aryl methyl sites for hydroxylation is 1. The Morgan fingerprint density at radius 1 is 1.20 bits per heavy atom. The molecule has 0 aliphatic carbocycles. The number of nitrogens with zero attached hydrogens (tertiary/aromatic N) is 4. The van der Waals surface area contributed by atoms with Crippen LogP contribution in [0.3, 0.4) is 0 Å². The fourth-order valence-corrected chi connectivity index (χ4v) is 3.05. The van der Waals surface area contributed by atoms with Gasteiger partial charge < -0.3 is 4.74 Å². The Kier molecular flexibility index (Phi) is 5.45. The van der Waals surface area contributed by atoms with Gasteiger partial charge in [-0.2, -0.15) is 0 Å². The summed E-state index contributed by atoms with van der Waals surface area (Å²) in [7, 11) is 0. The van der Waals surface area contributed by atoms with Crippen LogP contribution in [0.2, 0.25) is 0 Å². The monoisotopic (exact) mass is 354 g/mol. The third kappa shape index (κ3) is 4.06. The van der Waals surface area contributed by atoms with Gasteiger partial charge in [0.2, 0.25) is 0 Å². The molecule has 0 saturated heterocycles. The number of esters is 1. The first-order chi connectivity index (χ1) is 12.2. The molecule has 3 aromatic rings. The Morgan fingerprint density at radius 2 is 2.00 bits per heavy atom. The lowest BCUT2D eigenvalue weighted by molar-refractivity contribution is -0.139. The van der Waals surface area contributed by atoms with Gasteiger partial charge in [0, 0.05) is 23.6 Å². The van der Waals surface area contributed by atoms with Crippen LogP contribution >= 0.6 is 11.8 Å². The van der Waals surface area contributed by atoms with Crippen molar-refractivity contribution >= 4 is 17.7 Å². The molecule has 0 bridgehead atoms. The number of ether oxygens (including phenoxy) is 1. The van der Waals surface area contributed by atoms with Crippen LogP contribution in [-0.4, -0.2) is 38.1 Å². The second-order valence-corrected chi connectivity index (χ2v) is 6.26. The summed E-state index contributed by atoms with van der Waals surface area (Å²) in [6.07, 6.45) is 3.46. The summed E-state index contributed by atoms with van der Waals surface area (Å²) in [5.74, 6) is 0.599. The largest absolute Gasteiger partial charge is 0.465 e. The molecular weight excluding hydrogens is 336 g/mol. The van der Waals surface area contributed by atoms with Gasteiger partial charge in [-0.1, -0.05) is 29.5 Å². The second kappa shape index (κ2) is 7.94. The number of carbonyl (C=O) groups excluding carboxylic acids is 1. The molecule has 1 aromatic carbocycles. The normalized spacial score (nSPS) is 10.6. The van der Waals surface area contributed by atoms with Crippen LogP contribution in [0.25, 0.3) is 17.1 Å². The van der Waals surface area contributed by atoms with E-state index in [1.807, 2.05) is 47.9 Å². The summed E-state index contributed by atoms with van der Waals surface area (Å²) in [6.45, 7) is 4.19. The Morgan fingerprint density at radius 3 is 2.68 bits per heavy atom. The van der Waals surface area contributed by atoms with E-state index < -0.39 is 0 Å². The van der Waals surface area contributed by atoms with E-state index in [1.165, 1.54) is 17.3 Å². The van der Waals surface area contributed by atoms with Crippen molar-refractivity contribution in [3.05, 3.63) is 54.4 Å². The standard InChI is InChI=1S/C18H18N4O2S/c1-3-24-16(23)12-25-18-21-20-17(14-5-4-10-19-11-14)22(18)15-8-6-13(2)7-9-15/h4-11H,3,12H2,1-2H3. The summed E-state index contributed by atoms with van der Waals surface area (Å²) in [4.78, 5) is 15.8. The highest BCUT2D eigenvalue weighted by atomic mass is 32.2. The minimum absolute atomic E-state index is 0.185. The smallest absolute Gasteiger partial charge is 0.316 e. The van der Waals surface area contributed by atoms with Crippen molar-refractivity contribution in [3.63, 3.8) is 0 Å². The van der Waals surface area contributed by atoms with Gasteiger partial charge in [-0.05, 0) is 38.1 Å². The Balaban J connectivity index is 1.99. The molecule has 0 fully saturated rings. The highest BCUT2D eigenvalue weighted by molar-refractivity contribution is 7.99. The molecular formula is C18H18N4O2S. The van der Waals surface area contributed by atoms with Crippen LogP contribution in [0, 0.1) is 6.92 Å². The third-order valence-electron chi connectivity index (χ3n) is 3.47. The highest BCUT2D eigenvalue weighted by Crippen LogP contribution is 2.27. The number of hydrogen-bond donors (Lipinski definition) is 0.